The van der Waals surface area contributed by atoms with Crippen molar-refractivity contribution in [2.45, 2.75) is 0 Å². The molecule has 0 N–H and O–H groups in total. The van der Waals surface area contributed by atoms with Crippen molar-refractivity contribution in [3.05, 3.63) is 182 Å². The van der Waals surface area contributed by atoms with Crippen molar-refractivity contribution in [2.75, 3.05) is 0 Å². The molecule has 9 rings (SSSR count). The smallest absolute Gasteiger partial charge is 0.0631 e. The largest absolute Gasteiger partial charge is 0.121 e. The Labute approximate surface area is 277 Å². The van der Waals surface area contributed by atoms with Crippen LogP contribution in [0.15, 0.2) is 182 Å². The van der Waals surface area contributed by atoms with Crippen molar-refractivity contribution >= 4 is 63.0 Å². The molecule has 0 aliphatic carbocycles. The van der Waals surface area contributed by atoms with E-state index in [9.17, 15) is 0 Å². The summed E-state index contributed by atoms with van der Waals surface area (Å²) in [6.07, 6.45) is 0. The summed E-state index contributed by atoms with van der Waals surface area (Å²) in [5.41, 5.74) is 7.55. The van der Waals surface area contributed by atoms with Crippen LogP contribution >= 0.6 is 0 Å². The molecule has 0 unspecified atom stereocenters. The summed E-state index contributed by atoms with van der Waals surface area (Å²) in [6, 6.07) is 67.0. The first kappa shape index (κ1) is 27.5. The third kappa shape index (κ3) is 5.02. The number of hydrogen-bond donors (Lipinski definition) is 0. The summed E-state index contributed by atoms with van der Waals surface area (Å²) < 4.78 is 0. The van der Waals surface area contributed by atoms with E-state index in [2.05, 4.69) is 182 Å². The van der Waals surface area contributed by atoms with Gasteiger partial charge in [-0.15, -0.1) is 0 Å². The van der Waals surface area contributed by atoms with Crippen molar-refractivity contribution < 1.29 is 0 Å². The number of fused-ring (bicyclic) bond motifs is 4. The van der Waals surface area contributed by atoms with E-state index in [1.807, 2.05) is 0 Å². The van der Waals surface area contributed by atoms with Gasteiger partial charge in [-0.05, 0) is 88.6 Å². The Bertz CT molecular complexity index is 2580. The van der Waals surface area contributed by atoms with Crippen LogP contribution in [0.3, 0.4) is 0 Å². The van der Waals surface area contributed by atoms with Gasteiger partial charge in [-0.25, -0.2) is 0 Å². The van der Waals surface area contributed by atoms with Crippen molar-refractivity contribution in [2.24, 2.45) is 0 Å². The minimum Gasteiger partial charge on any atom is -0.0631 e. The van der Waals surface area contributed by atoms with Gasteiger partial charge in [0.1, 0.15) is 9.52 Å². The van der Waals surface area contributed by atoms with E-state index in [0.717, 1.165) is 0 Å². The zero-order valence-electron chi connectivity index (χ0n) is 25.8. The minimum atomic E-state index is 0.592. The summed E-state index contributed by atoms with van der Waals surface area (Å²) in [4.78, 5) is 0. The zero-order chi connectivity index (χ0) is 31.2. The standard InChI is InChI=1S/C46H30Si/c1-2-14-39(15-3-1)47-40-26-27-43-44(30-40)45(34-22-18-33(19-23-34)37-24-20-31-10-4-6-12-35(31)28-37)41-16-8-9-17-42(41)46(43)38-25-21-32-11-5-7-13-36(32)29-38/h1-30H. The maximum atomic E-state index is 2.45. The van der Waals surface area contributed by atoms with E-state index < -0.39 is 0 Å². The van der Waals surface area contributed by atoms with Gasteiger partial charge in [-0.2, -0.15) is 0 Å². The van der Waals surface area contributed by atoms with Crippen LogP contribution in [0.4, 0.5) is 0 Å². The first-order valence-corrected chi connectivity index (χ1v) is 17.2. The lowest BCUT2D eigenvalue weighted by molar-refractivity contribution is 1.63. The molecule has 9 aromatic rings. The van der Waals surface area contributed by atoms with Crippen molar-refractivity contribution in [3.8, 4) is 33.4 Å². The highest BCUT2D eigenvalue weighted by molar-refractivity contribution is 6.67. The highest BCUT2D eigenvalue weighted by atomic mass is 28.2. The summed E-state index contributed by atoms with van der Waals surface area (Å²) in [5, 5.41) is 12.9. The Morgan fingerprint density at radius 1 is 0.255 bits per heavy atom. The maximum absolute atomic E-state index is 2.45. The molecule has 0 nitrogen and oxygen atoms in total. The first-order valence-electron chi connectivity index (χ1n) is 16.2. The number of benzene rings is 9. The van der Waals surface area contributed by atoms with E-state index in [4.69, 9.17) is 0 Å². The van der Waals surface area contributed by atoms with Gasteiger partial charge in [-0.3, -0.25) is 0 Å². The second-order valence-electron chi connectivity index (χ2n) is 12.2. The average molecular weight is 611 g/mol. The van der Waals surface area contributed by atoms with Gasteiger partial charge in [0.15, 0.2) is 0 Å². The van der Waals surface area contributed by atoms with Crippen LogP contribution in [0.25, 0.3) is 76.5 Å². The fourth-order valence-corrected chi connectivity index (χ4v) is 8.18. The van der Waals surface area contributed by atoms with E-state index >= 15 is 0 Å². The maximum Gasteiger partial charge on any atom is 0.121 e. The molecule has 0 atom stereocenters. The quantitative estimate of drug-likeness (QED) is 0.134. The van der Waals surface area contributed by atoms with E-state index in [-0.39, 0.29) is 0 Å². The average Bonchev–Trinajstić information content (AvgIpc) is 3.14. The fraction of sp³-hybridized carbons (Fsp3) is 0. The van der Waals surface area contributed by atoms with Gasteiger partial charge in [0.25, 0.3) is 0 Å². The highest BCUT2D eigenvalue weighted by Crippen LogP contribution is 2.44. The Hall–Kier alpha value is -5.76. The Morgan fingerprint density at radius 3 is 1.43 bits per heavy atom. The first-order chi connectivity index (χ1) is 23.3. The lowest BCUT2D eigenvalue weighted by atomic mass is 9.85. The molecule has 9 aromatic carbocycles. The lowest BCUT2D eigenvalue weighted by Gasteiger charge is -2.19. The molecule has 0 aliphatic rings. The molecular weight excluding hydrogens is 581 g/mol. The van der Waals surface area contributed by atoms with Gasteiger partial charge in [0.2, 0.25) is 0 Å². The predicted molar refractivity (Wildman–Crippen MR) is 204 cm³/mol. The molecule has 0 aliphatic heterocycles. The van der Waals surface area contributed by atoms with Gasteiger partial charge in [-0.1, -0.05) is 180 Å². The topological polar surface area (TPSA) is 0 Å². The van der Waals surface area contributed by atoms with Crippen LogP contribution in [-0.2, 0) is 0 Å². The lowest BCUT2D eigenvalue weighted by Crippen LogP contribution is -2.26. The fourth-order valence-electron chi connectivity index (χ4n) is 7.11. The molecule has 0 saturated carbocycles. The van der Waals surface area contributed by atoms with Crippen molar-refractivity contribution in [3.63, 3.8) is 0 Å². The van der Waals surface area contributed by atoms with Crippen LogP contribution in [0.1, 0.15) is 0 Å². The van der Waals surface area contributed by atoms with Gasteiger partial charge in [0.05, 0.1) is 0 Å². The van der Waals surface area contributed by atoms with Gasteiger partial charge >= 0.3 is 0 Å². The summed E-state index contributed by atoms with van der Waals surface area (Å²) in [7, 11) is 0.592. The van der Waals surface area contributed by atoms with E-state index in [1.54, 1.807) is 0 Å². The molecule has 0 heterocycles. The summed E-state index contributed by atoms with van der Waals surface area (Å²) >= 11 is 0. The third-order valence-electron chi connectivity index (χ3n) is 9.38. The third-order valence-corrected chi connectivity index (χ3v) is 10.6. The van der Waals surface area contributed by atoms with Crippen LogP contribution in [0.2, 0.25) is 0 Å². The molecule has 2 radical (unpaired) electrons. The minimum absolute atomic E-state index is 0.592. The van der Waals surface area contributed by atoms with Crippen LogP contribution in [0.5, 0.6) is 0 Å². The Morgan fingerprint density at radius 2 is 0.745 bits per heavy atom. The second-order valence-corrected chi connectivity index (χ2v) is 13.7. The summed E-state index contributed by atoms with van der Waals surface area (Å²) in [6.45, 7) is 0. The number of rotatable bonds is 5. The molecule has 218 valence electrons. The molecule has 0 aromatic heterocycles. The van der Waals surface area contributed by atoms with E-state index in [0.29, 0.717) is 9.52 Å². The monoisotopic (exact) mass is 610 g/mol. The van der Waals surface area contributed by atoms with E-state index in [1.165, 1.54) is 86.8 Å². The predicted octanol–water partition coefficient (Wildman–Crippen LogP) is 11.0. The van der Waals surface area contributed by atoms with Gasteiger partial charge < -0.3 is 0 Å². The summed E-state index contributed by atoms with van der Waals surface area (Å²) in [5.74, 6) is 0. The molecule has 0 bridgehead atoms. The molecule has 0 fully saturated rings. The van der Waals surface area contributed by atoms with Gasteiger partial charge in [0, 0.05) is 0 Å². The Kier molecular flexibility index (Phi) is 6.77. The van der Waals surface area contributed by atoms with Crippen LogP contribution in [-0.4, -0.2) is 9.52 Å². The van der Waals surface area contributed by atoms with Crippen LogP contribution < -0.4 is 10.4 Å². The normalized spacial score (nSPS) is 11.5. The van der Waals surface area contributed by atoms with Crippen molar-refractivity contribution in [1.29, 1.82) is 0 Å². The number of hydrogen-bond acceptors (Lipinski definition) is 0. The van der Waals surface area contributed by atoms with Crippen molar-refractivity contribution in [1.82, 2.24) is 0 Å². The molecule has 47 heavy (non-hydrogen) atoms. The molecular formula is C46H30Si. The second kappa shape index (κ2) is 11.5. The SMILES string of the molecule is c1ccc([Si]c2ccc3c(-c4ccc5ccccc5c4)c4ccccc4c(-c4ccc(-c5ccc6ccccc6c5)cc4)c3c2)cc1. The highest BCUT2D eigenvalue weighted by Gasteiger charge is 2.18. The zero-order valence-corrected chi connectivity index (χ0v) is 26.8. The van der Waals surface area contributed by atoms with Crippen LogP contribution in [0, 0.1) is 0 Å². The molecule has 0 amide bonds. The molecule has 0 spiro atoms. The molecule has 1 heteroatoms. The molecule has 0 saturated heterocycles. The Balaban J connectivity index is 1.27.